The van der Waals surface area contributed by atoms with Crippen LogP contribution in [0.3, 0.4) is 0 Å². The van der Waals surface area contributed by atoms with Gasteiger partial charge in [-0.2, -0.15) is 0 Å². The molecule has 0 aromatic heterocycles. The van der Waals surface area contributed by atoms with E-state index in [9.17, 15) is 20.1 Å². The summed E-state index contributed by atoms with van der Waals surface area (Å²) < 4.78 is 0. The van der Waals surface area contributed by atoms with Gasteiger partial charge in [0.05, 0.1) is 18.8 Å². The van der Waals surface area contributed by atoms with Crippen molar-refractivity contribution in [2.24, 2.45) is 0 Å². The number of amides is 1. The van der Waals surface area contributed by atoms with Crippen LogP contribution >= 0.6 is 0 Å². The second-order valence-corrected chi connectivity index (χ2v) is 12.8. The van der Waals surface area contributed by atoms with E-state index < -0.39 is 18.2 Å². The van der Waals surface area contributed by atoms with Gasteiger partial charge in [-0.15, -0.1) is 0 Å². The quantitative estimate of drug-likeness (QED) is 0.0449. The number of carbonyl (C=O) groups excluding carboxylic acids is 1. The van der Waals surface area contributed by atoms with Gasteiger partial charge in [-0.3, -0.25) is 4.79 Å². The summed E-state index contributed by atoms with van der Waals surface area (Å²) in [6.07, 6.45) is 35.9. The van der Waals surface area contributed by atoms with E-state index in [1.165, 1.54) is 128 Å². The monoisotopic (exact) mass is 596 g/mol. The van der Waals surface area contributed by atoms with Crippen molar-refractivity contribution < 1.29 is 20.1 Å². The van der Waals surface area contributed by atoms with Crippen molar-refractivity contribution in [3.05, 3.63) is 12.2 Å². The van der Waals surface area contributed by atoms with E-state index in [1.807, 2.05) is 0 Å². The fraction of sp³-hybridized carbons (Fsp3) is 0.919. The third kappa shape index (κ3) is 27.9. The topological polar surface area (TPSA) is 89.8 Å². The van der Waals surface area contributed by atoms with E-state index in [4.69, 9.17) is 0 Å². The Bertz CT molecular complexity index is 582. The molecule has 1 amide bonds. The second kappa shape index (κ2) is 33.0. The Morgan fingerprint density at radius 3 is 1.38 bits per heavy atom. The highest BCUT2D eigenvalue weighted by molar-refractivity contribution is 5.76. The molecule has 250 valence electrons. The Morgan fingerprint density at radius 1 is 0.571 bits per heavy atom. The second-order valence-electron chi connectivity index (χ2n) is 12.8. The van der Waals surface area contributed by atoms with Crippen LogP contribution in [0, 0.1) is 0 Å². The number of hydrogen-bond acceptors (Lipinski definition) is 4. The third-order valence-electron chi connectivity index (χ3n) is 8.62. The molecule has 3 atom stereocenters. The lowest BCUT2D eigenvalue weighted by molar-refractivity contribution is -0.124. The van der Waals surface area contributed by atoms with Crippen LogP contribution in [0.2, 0.25) is 0 Å². The summed E-state index contributed by atoms with van der Waals surface area (Å²) in [7, 11) is 0. The van der Waals surface area contributed by atoms with Crippen molar-refractivity contribution in [2.75, 3.05) is 6.61 Å². The molecule has 0 radical (unpaired) electrons. The van der Waals surface area contributed by atoms with Gasteiger partial charge in [-0.1, -0.05) is 161 Å². The lowest BCUT2D eigenvalue weighted by atomic mass is 10.0. The average Bonchev–Trinajstić information content (AvgIpc) is 2.99. The molecule has 4 N–H and O–H groups in total. The van der Waals surface area contributed by atoms with Gasteiger partial charge in [0.25, 0.3) is 0 Å². The molecule has 0 heterocycles. The van der Waals surface area contributed by atoms with Gasteiger partial charge >= 0.3 is 0 Å². The zero-order valence-electron chi connectivity index (χ0n) is 28.1. The van der Waals surface area contributed by atoms with E-state index in [2.05, 4.69) is 31.3 Å². The predicted molar refractivity (Wildman–Crippen MR) is 181 cm³/mol. The molecular formula is C37H73NO4. The number of nitrogens with one attached hydrogen (secondary N) is 1. The van der Waals surface area contributed by atoms with Crippen molar-refractivity contribution >= 4 is 5.91 Å². The van der Waals surface area contributed by atoms with Crippen molar-refractivity contribution in [1.82, 2.24) is 5.32 Å². The van der Waals surface area contributed by atoms with E-state index in [1.54, 1.807) is 0 Å². The minimum atomic E-state index is -1.15. The zero-order valence-corrected chi connectivity index (χ0v) is 28.1. The maximum atomic E-state index is 12.3. The first-order chi connectivity index (χ1) is 20.6. The summed E-state index contributed by atoms with van der Waals surface area (Å²) in [4.78, 5) is 12.3. The SMILES string of the molecule is CCCCCCCCCCCCCC/C=C/CCCC(O)C(O)C(CO)NC(=O)CCCCCCCCCCCCC. The summed E-state index contributed by atoms with van der Waals surface area (Å²) in [6.45, 7) is 4.15. The van der Waals surface area contributed by atoms with E-state index in [0.29, 0.717) is 12.8 Å². The molecule has 42 heavy (non-hydrogen) atoms. The number of carbonyl (C=O) groups is 1. The van der Waals surface area contributed by atoms with Gasteiger partial charge in [-0.25, -0.2) is 0 Å². The van der Waals surface area contributed by atoms with Crippen molar-refractivity contribution in [1.29, 1.82) is 0 Å². The number of hydrogen-bond donors (Lipinski definition) is 4. The Kier molecular flexibility index (Phi) is 32.3. The minimum Gasteiger partial charge on any atom is -0.394 e. The molecule has 0 rings (SSSR count). The molecule has 0 saturated carbocycles. The minimum absolute atomic E-state index is 0.156. The fourth-order valence-electron chi connectivity index (χ4n) is 5.69. The maximum Gasteiger partial charge on any atom is 0.220 e. The van der Waals surface area contributed by atoms with Crippen LogP contribution in [0.25, 0.3) is 0 Å². The standard InChI is InChI=1S/C37H73NO4/c1-3-5-7-9-11-13-15-16-17-18-19-20-22-23-25-27-29-31-35(40)37(42)34(33-39)38-36(41)32-30-28-26-24-21-14-12-10-8-6-4-2/h23,25,34-35,37,39-40,42H,3-22,24,26-33H2,1-2H3,(H,38,41)/b25-23+. The first-order valence-corrected chi connectivity index (χ1v) is 18.5. The molecule has 5 nitrogen and oxygen atoms in total. The first-order valence-electron chi connectivity index (χ1n) is 18.5. The molecule has 0 aliphatic heterocycles. The van der Waals surface area contributed by atoms with Crippen LogP contribution in [0.5, 0.6) is 0 Å². The van der Waals surface area contributed by atoms with Gasteiger partial charge < -0.3 is 20.6 Å². The highest BCUT2D eigenvalue weighted by Crippen LogP contribution is 2.15. The molecule has 0 saturated heterocycles. The molecule has 0 aromatic rings. The number of allylic oxidation sites excluding steroid dienone is 2. The lowest BCUT2D eigenvalue weighted by Gasteiger charge is -2.26. The Balaban J connectivity index is 3.71. The van der Waals surface area contributed by atoms with Gasteiger partial charge in [0.1, 0.15) is 6.10 Å². The lowest BCUT2D eigenvalue weighted by Crippen LogP contribution is -2.50. The number of aliphatic hydroxyl groups is 3. The van der Waals surface area contributed by atoms with Crippen LogP contribution in [0.1, 0.15) is 194 Å². The third-order valence-corrected chi connectivity index (χ3v) is 8.62. The van der Waals surface area contributed by atoms with Crippen LogP contribution in [0.4, 0.5) is 0 Å². The van der Waals surface area contributed by atoms with Crippen LogP contribution < -0.4 is 5.32 Å². The number of aliphatic hydroxyl groups excluding tert-OH is 3. The molecular weight excluding hydrogens is 522 g/mol. The van der Waals surface area contributed by atoms with Gasteiger partial charge in [-0.05, 0) is 38.5 Å². The Morgan fingerprint density at radius 2 is 0.952 bits per heavy atom. The van der Waals surface area contributed by atoms with E-state index in [0.717, 1.165) is 38.5 Å². The summed E-state index contributed by atoms with van der Waals surface area (Å²) in [5.41, 5.74) is 0. The average molecular weight is 596 g/mol. The summed E-state index contributed by atoms with van der Waals surface area (Å²) in [5.74, 6) is -0.156. The largest absolute Gasteiger partial charge is 0.394 e. The van der Waals surface area contributed by atoms with Crippen molar-refractivity contribution in [2.45, 2.75) is 212 Å². The highest BCUT2D eigenvalue weighted by Gasteiger charge is 2.26. The summed E-state index contributed by atoms with van der Waals surface area (Å²) in [6, 6.07) is -0.818. The Labute approximate surface area is 261 Å². The van der Waals surface area contributed by atoms with Crippen molar-refractivity contribution in [3.63, 3.8) is 0 Å². The molecule has 0 aliphatic carbocycles. The van der Waals surface area contributed by atoms with E-state index in [-0.39, 0.29) is 12.5 Å². The van der Waals surface area contributed by atoms with Gasteiger partial charge in [0.2, 0.25) is 5.91 Å². The zero-order chi connectivity index (χ0) is 30.9. The molecule has 0 aliphatic rings. The van der Waals surface area contributed by atoms with Crippen molar-refractivity contribution in [3.8, 4) is 0 Å². The molecule has 5 heteroatoms. The smallest absolute Gasteiger partial charge is 0.220 e. The number of rotatable bonds is 33. The molecule has 0 fully saturated rings. The highest BCUT2D eigenvalue weighted by atomic mass is 16.3. The molecule has 3 unspecified atom stereocenters. The van der Waals surface area contributed by atoms with E-state index >= 15 is 0 Å². The first kappa shape index (κ1) is 41.1. The van der Waals surface area contributed by atoms with Crippen LogP contribution in [-0.2, 0) is 4.79 Å². The fourth-order valence-corrected chi connectivity index (χ4v) is 5.69. The normalized spacial score (nSPS) is 13.9. The summed E-state index contributed by atoms with van der Waals surface area (Å²) >= 11 is 0. The molecule has 0 aromatic carbocycles. The van der Waals surface area contributed by atoms with Crippen LogP contribution in [-0.4, -0.2) is 46.1 Å². The van der Waals surface area contributed by atoms with Crippen LogP contribution in [0.15, 0.2) is 12.2 Å². The summed E-state index contributed by atoms with van der Waals surface area (Å²) in [5, 5.41) is 33.3. The van der Waals surface area contributed by atoms with Gasteiger partial charge in [0, 0.05) is 6.42 Å². The Hall–Kier alpha value is -0.910. The molecule has 0 bridgehead atoms. The van der Waals surface area contributed by atoms with Gasteiger partial charge in [0.15, 0.2) is 0 Å². The predicted octanol–water partition coefficient (Wildman–Crippen LogP) is 9.70. The molecule has 0 spiro atoms. The number of unbranched alkanes of at least 4 members (excludes halogenated alkanes) is 23. The maximum absolute atomic E-state index is 12.3.